The van der Waals surface area contributed by atoms with Gasteiger partial charge in [-0.3, -0.25) is 4.79 Å². The fraction of sp³-hybridized carbons (Fsp3) is 0.200. The van der Waals surface area contributed by atoms with Crippen LogP contribution in [-0.4, -0.2) is 33.8 Å². The molecular weight excluding hydrogens is 492 g/mol. The highest BCUT2D eigenvalue weighted by molar-refractivity contribution is 7.87. The highest BCUT2D eigenvalue weighted by Gasteiger charge is 2.16. The van der Waals surface area contributed by atoms with Gasteiger partial charge in [0.1, 0.15) is 10.6 Å². The third-order valence-corrected chi connectivity index (χ3v) is 6.05. The molecule has 0 aliphatic carbocycles. The van der Waals surface area contributed by atoms with Crippen LogP contribution >= 0.6 is 11.6 Å². The average molecular weight is 517 g/mol. The van der Waals surface area contributed by atoms with Crippen molar-refractivity contribution >= 4 is 33.8 Å². The van der Waals surface area contributed by atoms with E-state index in [1.54, 1.807) is 30.3 Å². The van der Waals surface area contributed by atoms with E-state index in [-0.39, 0.29) is 10.6 Å². The first-order valence-electron chi connectivity index (χ1n) is 10.9. The second-order valence-corrected chi connectivity index (χ2v) is 9.19. The zero-order chi connectivity index (χ0) is 25.3. The van der Waals surface area contributed by atoms with Crippen LogP contribution in [0, 0.1) is 0 Å². The predicted molar refractivity (Wildman–Crippen MR) is 134 cm³/mol. The Morgan fingerprint density at radius 1 is 0.971 bits per heavy atom. The van der Waals surface area contributed by atoms with Crippen molar-refractivity contribution in [1.29, 1.82) is 0 Å². The zero-order valence-electron chi connectivity index (χ0n) is 19.2. The molecule has 184 valence electrons. The summed E-state index contributed by atoms with van der Waals surface area (Å²) in [6, 6.07) is 16.8. The summed E-state index contributed by atoms with van der Waals surface area (Å²) < 4.78 is 41.1. The lowest BCUT2D eigenvalue weighted by atomic mass is 10.2. The number of nitrogens with zero attached hydrogens (tertiary/aromatic N) is 1. The Labute approximate surface area is 209 Å². The minimum absolute atomic E-state index is 0.00676. The number of amides is 1. The minimum atomic E-state index is -3.99. The number of ether oxygens (including phenoxy) is 2. The van der Waals surface area contributed by atoms with Gasteiger partial charge in [0, 0.05) is 10.6 Å². The first-order valence-corrected chi connectivity index (χ1v) is 12.6. The summed E-state index contributed by atoms with van der Waals surface area (Å²) in [5.41, 5.74) is 3.45. The molecule has 0 heterocycles. The van der Waals surface area contributed by atoms with Gasteiger partial charge in [-0.15, -0.1) is 0 Å². The standard InChI is InChI=1S/C25H25ClN2O6S/c1-3-15-33-23-14-7-19(16-24(23)32-4-2)25(29)28-27-17-18-5-10-21(11-6-18)34-35(30,31)22-12-8-20(26)9-13-22/h5-14,16-17H,3-4,15H2,1-2H3,(H,28,29)/b27-17+. The SMILES string of the molecule is CCCOc1ccc(C(=O)N/N=C/c2ccc(OS(=O)(=O)c3ccc(Cl)cc3)cc2)cc1OCC. The average Bonchev–Trinajstić information content (AvgIpc) is 2.84. The molecule has 0 aromatic heterocycles. The van der Waals surface area contributed by atoms with Crippen molar-refractivity contribution in [3.05, 3.63) is 82.9 Å². The number of halogens is 1. The van der Waals surface area contributed by atoms with Crippen LogP contribution in [0.3, 0.4) is 0 Å². The monoisotopic (exact) mass is 516 g/mol. The van der Waals surface area contributed by atoms with Gasteiger partial charge in [0.15, 0.2) is 11.5 Å². The molecule has 10 heteroatoms. The van der Waals surface area contributed by atoms with Crippen LogP contribution in [0.1, 0.15) is 36.2 Å². The van der Waals surface area contributed by atoms with Crippen LogP contribution in [0.25, 0.3) is 0 Å². The molecule has 1 N–H and O–H groups in total. The molecule has 0 saturated heterocycles. The molecule has 3 aromatic carbocycles. The van der Waals surface area contributed by atoms with E-state index in [1.165, 1.54) is 42.6 Å². The van der Waals surface area contributed by atoms with E-state index in [0.29, 0.717) is 40.9 Å². The molecule has 3 rings (SSSR count). The summed E-state index contributed by atoms with van der Waals surface area (Å²) in [4.78, 5) is 12.5. The summed E-state index contributed by atoms with van der Waals surface area (Å²) in [5.74, 6) is 0.782. The van der Waals surface area contributed by atoms with E-state index in [0.717, 1.165) is 6.42 Å². The Morgan fingerprint density at radius 3 is 2.34 bits per heavy atom. The fourth-order valence-electron chi connectivity index (χ4n) is 2.86. The van der Waals surface area contributed by atoms with Gasteiger partial charge in [0.25, 0.3) is 5.91 Å². The molecule has 0 atom stereocenters. The number of carbonyl (C=O) groups is 1. The lowest BCUT2D eigenvalue weighted by Gasteiger charge is -2.12. The number of benzene rings is 3. The van der Waals surface area contributed by atoms with Gasteiger partial charge in [0.2, 0.25) is 0 Å². The van der Waals surface area contributed by atoms with E-state index in [4.69, 9.17) is 25.3 Å². The number of nitrogens with one attached hydrogen (secondary N) is 1. The van der Waals surface area contributed by atoms with Gasteiger partial charge in [0.05, 0.1) is 19.4 Å². The normalized spacial score (nSPS) is 11.3. The smallest absolute Gasteiger partial charge is 0.339 e. The zero-order valence-corrected chi connectivity index (χ0v) is 20.8. The number of hydrazone groups is 1. The van der Waals surface area contributed by atoms with Crippen molar-refractivity contribution in [3.8, 4) is 17.2 Å². The molecule has 8 nitrogen and oxygen atoms in total. The van der Waals surface area contributed by atoms with Gasteiger partial charge in [-0.25, -0.2) is 5.43 Å². The summed E-state index contributed by atoms with van der Waals surface area (Å²) in [6.07, 6.45) is 2.28. The van der Waals surface area contributed by atoms with E-state index in [1.807, 2.05) is 13.8 Å². The van der Waals surface area contributed by atoms with Gasteiger partial charge in [-0.2, -0.15) is 13.5 Å². The molecule has 35 heavy (non-hydrogen) atoms. The van der Waals surface area contributed by atoms with Gasteiger partial charge in [-0.05, 0) is 85.6 Å². The van der Waals surface area contributed by atoms with Gasteiger partial charge >= 0.3 is 10.1 Å². The largest absolute Gasteiger partial charge is 0.490 e. The molecule has 0 aliphatic heterocycles. The molecule has 3 aromatic rings. The minimum Gasteiger partial charge on any atom is -0.490 e. The second kappa shape index (κ2) is 12.2. The van der Waals surface area contributed by atoms with Crippen molar-refractivity contribution in [2.75, 3.05) is 13.2 Å². The Kier molecular flexibility index (Phi) is 9.11. The Balaban J connectivity index is 1.61. The first kappa shape index (κ1) is 26.1. The van der Waals surface area contributed by atoms with E-state index >= 15 is 0 Å². The molecule has 0 spiro atoms. The van der Waals surface area contributed by atoms with Crippen molar-refractivity contribution in [3.63, 3.8) is 0 Å². The molecule has 0 saturated carbocycles. The summed E-state index contributed by atoms with van der Waals surface area (Å²) >= 11 is 5.79. The number of hydrogen-bond acceptors (Lipinski definition) is 7. The van der Waals surface area contributed by atoms with Crippen molar-refractivity contribution in [2.45, 2.75) is 25.2 Å². The maximum atomic E-state index is 12.5. The molecule has 0 aliphatic rings. The predicted octanol–water partition coefficient (Wildman–Crippen LogP) is 5.06. The highest BCUT2D eigenvalue weighted by atomic mass is 35.5. The summed E-state index contributed by atoms with van der Waals surface area (Å²) in [7, 11) is -3.99. The van der Waals surface area contributed by atoms with Crippen molar-refractivity contribution in [2.24, 2.45) is 5.10 Å². The maximum Gasteiger partial charge on any atom is 0.339 e. The summed E-state index contributed by atoms with van der Waals surface area (Å²) in [5, 5.41) is 4.38. The summed E-state index contributed by atoms with van der Waals surface area (Å²) in [6.45, 7) is 4.84. The topological polar surface area (TPSA) is 103 Å². The number of rotatable bonds is 11. The van der Waals surface area contributed by atoms with Crippen LogP contribution in [-0.2, 0) is 10.1 Å². The Bertz CT molecular complexity index is 1280. The molecule has 0 unspecified atom stereocenters. The van der Waals surface area contributed by atoms with Crippen LogP contribution in [0.5, 0.6) is 17.2 Å². The Hall–Kier alpha value is -3.56. The van der Waals surface area contributed by atoms with Crippen molar-refractivity contribution in [1.82, 2.24) is 5.43 Å². The molecule has 1 amide bonds. The van der Waals surface area contributed by atoms with Crippen LogP contribution in [0.2, 0.25) is 5.02 Å². The maximum absolute atomic E-state index is 12.5. The third-order valence-electron chi connectivity index (χ3n) is 4.54. The number of carbonyl (C=O) groups excluding carboxylic acids is 1. The molecular formula is C25H25ClN2O6S. The quantitative estimate of drug-likeness (QED) is 0.217. The molecule has 0 bridgehead atoms. The van der Waals surface area contributed by atoms with E-state index < -0.39 is 16.0 Å². The lowest BCUT2D eigenvalue weighted by Crippen LogP contribution is -2.17. The highest BCUT2D eigenvalue weighted by Crippen LogP contribution is 2.28. The van der Waals surface area contributed by atoms with Crippen LogP contribution < -0.4 is 19.1 Å². The second-order valence-electron chi connectivity index (χ2n) is 7.20. The lowest BCUT2D eigenvalue weighted by molar-refractivity contribution is 0.0954. The van der Waals surface area contributed by atoms with E-state index in [2.05, 4.69) is 10.5 Å². The van der Waals surface area contributed by atoms with Crippen molar-refractivity contribution < 1.29 is 26.9 Å². The third kappa shape index (κ3) is 7.46. The fourth-order valence-corrected chi connectivity index (χ4v) is 3.92. The van der Waals surface area contributed by atoms with Gasteiger partial charge in [-0.1, -0.05) is 18.5 Å². The molecule has 0 radical (unpaired) electrons. The van der Waals surface area contributed by atoms with Gasteiger partial charge < -0.3 is 13.7 Å². The van der Waals surface area contributed by atoms with E-state index in [9.17, 15) is 13.2 Å². The van der Waals surface area contributed by atoms with Crippen LogP contribution in [0.15, 0.2) is 76.7 Å². The number of hydrogen-bond donors (Lipinski definition) is 1. The molecule has 0 fully saturated rings. The Morgan fingerprint density at radius 2 is 1.69 bits per heavy atom. The first-order chi connectivity index (χ1) is 16.8. The van der Waals surface area contributed by atoms with Crippen LogP contribution in [0.4, 0.5) is 0 Å².